The average Bonchev–Trinajstić information content (AvgIpc) is 2.78. The highest BCUT2D eigenvalue weighted by Gasteiger charge is 2.14. The minimum atomic E-state index is 0.295. The van der Waals surface area contributed by atoms with E-state index in [1.165, 1.54) is 16.5 Å². The molecular weight excluding hydrogens is 228 g/mol. The second-order valence-electron chi connectivity index (χ2n) is 4.93. The van der Waals surface area contributed by atoms with Crippen molar-refractivity contribution in [3.05, 3.63) is 36.0 Å². The number of fused-ring (bicyclic) bond motifs is 1. The molecule has 0 radical (unpaired) electrons. The van der Waals surface area contributed by atoms with Crippen molar-refractivity contribution in [1.82, 2.24) is 10.3 Å². The average molecular weight is 248 g/mol. The predicted octanol–water partition coefficient (Wildman–Crippen LogP) is 3.40. The van der Waals surface area contributed by atoms with Crippen molar-refractivity contribution in [1.29, 1.82) is 0 Å². The second kappa shape index (κ2) is 5.15. The van der Waals surface area contributed by atoms with Crippen LogP contribution in [-0.2, 0) is 6.54 Å². The zero-order valence-corrected chi connectivity index (χ0v) is 11.5. The molecule has 0 bridgehead atoms. The summed E-state index contributed by atoms with van der Waals surface area (Å²) in [6.45, 7) is 6.47. The summed E-state index contributed by atoms with van der Waals surface area (Å²) >= 11 is 1.90. The Labute approximate surface area is 107 Å². The summed E-state index contributed by atoms with van der Waals surface area (Å²) in [5.41, 5.74) is 2.59. The molecule has 0 aliphatic heterocycles. The van der Waals surface area contributed by atoms with Gasteiger partial charge in [-0.1, -0.05) is 18.2 Å². The number of para-hydroxylation sites is 1. The molecule has 0 fully saturated rings. The highest BCUT2D eigenvalue weighted by Crippen LogP contribution is 2.20. The minimum Gasteiger partial charge on any atom is -0.361 e. The largest absolute Gasteiger partial charge is 0.361 e. The Hall–Kier alpha value is -0.930. The maximum atomic E-state index is 3.53. The fourth-order valence-corrected chi connectivity index (χ4v) is 2.11. The summed E-state index contributed by atoms with van der Waals surface area (Å²) in [5, 5.41) is 4.82. The number of thioether (sulfide) groups is 1. The quantitative estimate of drug-likeness (QED) is 0.849. The molecule has 92 valence electrons. The van der Waals surface area contributed by atoms with Crippen LogP contribution in [-0.4, -0.2) is 22.5 Å². The van der Waals surface area contributed by atoms with Crippen LogP contribution in [0.25, 0.3) is 10.9 Å². The van der Waals surface area contributed by atoms with Crippen LogP contribution in [0.3, 0.4) is 0 Å². The first-order chi connectivity index (χ1) is 8.12. The van der Waals surface area contributed by atoms with Crippen LogP contribution in [0, 0.1) is 0 Å². The molecule has 0 saturated carbocycles. The summed E-state index contributed by atoms with van der Waals surface area (Å²) in [7, 11) is 0. The molecule has 0 saturated heterocycles. The van der Waals surface area contributed by atoms with Gasteiger partial charge >= 0.3 is 0 Å². The van der Waals surface area contributed by atoms with Crippen LogP contribution >= 0.6 is 11.8 Å². The number of aromatic amines is 1. The molecule has 3 heteroatoms. The molecule has 1 aromatic heterocycles. The number of hydrogen-bond acceptors (Lipinski definition) is 2. The third-order valence-corrected chi connectivity index (χ3v) is 4.34. The van der Waals surface area contributed by atoms with Crippen molar-refractivity contribution in [2.24, 2.45) is 0 Å². The zero-order chi connectivity index (χ0) is 12.3. The van der Waals surface area contributed by atoms with Gasteiger partial charge in [-0.3, -0.25) is 0 Å². The van der Waals surface area contributed by atoms with E-state index in [4.69, 9.17) is 0 Å². The van der Waals surface area contributed by atoms with E-state index in [2.05, 4.69) is 54.7 Å². The smallest absolute Gasteiger partial charge is 0.0499 e. The molecular formula is C14H20N2S. The summed E-state index contributed by atoms with van der Waals surface area (Å²) in [6.07, 6.45) is 4.16. The number of hydrogen-bond donors (Lipinski definition) is 2. The fraction of sp³-hybridized carbons (Fsp3) is 0.429. The molecule has 2 nitrogen and oxygen atoms in total. The van der Waals surface area contributed by atoms with Gasteiger partial charge in [0.2, 0.25) is 0 Å². The predicted molar refractivity (Wildman–Crippen MR) is 77.6 cm³/mol. The van der Waals surface area contributed by atoms with Gasteiger partial charge in [-0.25, -0.2) is 0 Å². The highest BCUT2D eigenvalue weighted by atomic mass is 32.2. The van der Waals surface area contributed by atoms with E-state index in [0.717, 1.165) is 13.1 Å². The van der Waals surface area contributed by atoms with Crippen LogP contribution in [0.4, 0.5) is 0 Å². The van der Waals surface area contributed by atoms with Gasteiger partial charge in [-0.2, -0.15) is 11.8 Å². The zero-order valence-electron chi connectivity index (χ0n) is 10.7. The van der Waals surface area contributed by atoms with Crippen LogP contribution in [0.1, 0.15) is 19.4 Å². The van der Waals surface area contributed by atoms with E-state index in [0.29, 0.717) is 4.75 Å². The Morgan fingerprint density at radius 1 is 1.29 bits per heavy atom. The topological polar surface area (TPSA) is 27.8 Å². The Bertz CT molecular complexity index is 488. The van der Waals surface area contributed by atoms with Crippen molar-refractivity contribution in [2.75, 3.05) is 12.8 Å². The van der Waals surface area contributed by atoms with Crippen LogP contribution < -0.4 is 5.32 Å². The molecule has 1 heterocycles. The van der Waals surface area contributed by atoms with Crippen molar-refractivity contribution in [3.63, 3.8) is 0 Å². The van der Waals surface area contributed by atoms with Crippen molar-refractivity contribution in [2.45, 2.75) is 25.1 Å². The monoisotopic (exact) mass is 248 g/mol. The Balaban J connectivity index is 2.02. The SMILES string of the molecule is CSC(C)(C)CNCc1cccc2cc[nH]c12. The third kappa shape index (κ3) is 3.05. The number of H-pyrrole nitrogens is 1. The standard InChI is InChI=1S/C14H20N2S/c1-14(2,17-3)10-15-9-12-6-4-5-11-7-8-16-13(11)12/h4-8,15-16H,9-10H2,1-3H3. The van der Waals surface area contributed by atoms with Gasteiger partial charge in [0.1, 0.15) is 0 Å². The summed E-state index contributed by atoms with van der Waals surface area (Å²) in [4.78, 5) is 3.30. The van der Waals surface area contributed by atoms with E-state index < -0.39 is 0 Å². The minimum absolute atomic E-state index is 0.295. The first kappa shape index (κ1) is 12.5. The van der Waals surface area contributed by atoms with Crippen molar-refractivity contribution >= 4 is 22.7 Å². The van der Waals surface area contributed by atoms with Gasteiger partial charge in [-0.15, -0.1) is 0 Å². The van der Waals surface area contributed by atoms with E-state index >= 15 is 0 Å². The normalized spacial score (nSPS) is 12.2. The molecule has 2 rings (SSSR count). The lowest BCUT2D eigenvalue weighted by atomic mass is 10.1. The van der Waals surface area contributed by atoms with E-state index in [-0.39, 0.29) is 0 Å². The number of benzene rings is 1. The van der Waals surface area contributed by atoms with E-state index in [9.17, 15) is 0 Å². The van der Waals surface area contributed by atoms with E-state index in [1.54, 1.807) is 0 Å². The van der Waals surface area contributed by atoms with Crippen LogP contribution in [0.5, 0.6) is 0 Å². The summed E-state index contributed by atoms with van der Waals surface area (Å²) in [5.74, 6) is 0. The molecule has 0 unspecified atom stereocenters. The molecule has 17 heavy (non-hydrogen) atoms. The molecule has 0 spiro atoms. The molecule has 2 N–H and O–H groups in total. The van der Waals surface area contributed by atoms with Crippen LogP contribution in [0.15, 0.2) is 30.5 Å². The lowest BCUT2D eigenvalue weighted by Crippen LogP contribution is -2.31. The van der Waals surface area contributed by atoms with Gasteiger partial charge in [0.05, 0.1) is 0 Å². The summed E-state index contributed by atoms with van der Waals surface area (Å²) < 4.78 is 0.295. The van der Waals surface area contributed by atoms with Gasteiger partial charge in [0, 0.05) is 29.6 Å². The maximum absolute atomic E-state index is 3.53. The lowest BCUT2D eigenvalue weighted by molar-refractivity contribution is 0.592. The Morgan fingerprint density at radius 3 is 2.88 bits per heavy atom. The van der Waals surface area contributed by atoms with Gasteiger partial charge in [-0.05, 0) is 37.1 Å². The number of aromatic nitrogens is 1. The molecule has 1 aromatic carbocycles. The van der Waals surface area contributed by atoms with E-state index in [1.807, 2.05) is 18.0 Å². The first-order valence-electron chi connectivity index (χ1n) is 5.93. The number of nitrogens with one attached hydrogen (secondary N) is 2. The maximum Gasteiger partial charge on any atom is 0.0499 e. The molecule has 0 aliphatic carbocycles. The van der Waals surface area contributed by atoms with Gasteiger partial charge < -0.3 is 10.3 Å². The fourth-order valence-electron chi connectivity index (χ4n) is 1.87. The molecule has 0 aliphatic rings. The lowest BCUT2D eigenvalue weighted by Gasteiger charge is -2.22. The molecule has 0 atom stereocenters. The second-order valence-corrected chi connectivity index (χ2v) is 6.44. The Morgan fingerprint density at radius 2 is 2.12 bits per heavy atom. The van der Waals surface area contributed by atoms with Gasteiger partial charge in [0.15, 0.2) is 0 Å². The van der Waals surface area contributed by atoms with Gasteiger partial charge in [0.25, 0.3) is 0 Å². The Kier molecular flexibility index (Phi) is 3.79. The first-order valence-corrected chi connectivity index (χ1v) is 7.16. The molecule has 0 amide bonds. The third-order valence-electron chi connectivity index (χ3n) is 3.09. The summed E-state index contributed by atoms with van der Waals surface area (Å²) in [6, 6.07) is 8.55. The van der Waals surface area contributed by atoms with Crippen LogP contribution in [0.2, 0.25) is 0 Å². The molecule has 2 aromatic rings. The van der Waals surface area contributed by atoms with Crippen molar-refractivity contribution in [3.8, 4) is 0 Å². The highest BCUT2D eigenvalue weighted by molar-refractivity contribution is 7.99. The number of rotatable bonds is 5. The van der Waals surface area contributed by atoms with Crippen molar-refractivity contribution < 1.29 is 0 Å².